The molecule has 176 valence electrons. The molecule has 4 aliphatic rings. The van der Waals surface area contributed by atoms with Gasteiger partial charge in [-0.3, -0.25) is 0 Å². The molecule has 3 N–H and O–H groups in total. The Morgan fingerprint density at radius 3 is 2.35 bits per heavy atom. The Hall–Kier alpha value is -0.640. The third kappa shape index (κ3) is 3.67. The molecule has 0 saturated heterocycles. The van der Waals surface area contributed by atoms with Crippen LogP contribution in [-0.2, 0) is 0 Å². The molecule has 0 heterocycles. The molecule has 0 bridgehead atoms. The number of hydrogen-bond acceptors (Lipinski definition) is 3. The van der Waals surface area contributed by atoms with Gasteiger partial charge in [0.05, 0.1) is 18.3 Å². The Morgan fingerprint density at radius 1 is 0.968 bits per heavy atom. The first kappa shape index (κ1) is 23.5. The highest BCUT2D eigenvalue weighted by Crippen LogP contribution is 2.67. The van der Waals surface area contributed by atoms with Crippen LogP contribution in [0.1, 0.15) is 80.1 Å². The van der Waals surface area contributed by atoms with E-state index in [0.29, 0.717) is 48.3 Å². The Balaban J connectivity index is 1.60. The van der Waals surface area contributed by atoms with Crippen LogP contribution in [0.5, 0.6) is 0 Å². The minimum atomic E-state index is -0.511. The number of allylic oxidation sites excluding steroid dienone is 2. The van der Waals surface area contributed by atoms with Crippen molar-refractivity contribution < 1.29 is 15.3 Å². The second-order valence-electron chi connectivity index (χ2n) is 12.4. The van der Waals surface area contributed by atoms with Gasteiger partial charge in [-0.2, -0.15) is 0 Å². The zero-order chi connectivity index (χ0) is 22.7. The molecule has 0 radical (unpaired) electrons. The van der Waals surface area contributed by atoms with Crippen LogP contribution < -0.4 is 0 Å². The normalized spacial score (nSPS) is 49.4. The van der Waals surface area contributed by atoms with Crippen molar-refractivity contribution in [3.63, 3.8) is 0 Å². The van der Waals surface area contributed by atoms with Crippen LogP contribution >= 0.6 is 0 Å². The average Bonchev–Trinajstić information content (AvgIpc) is 3.05. The van der Waals surface area contributed by atoms with Crippen molar-refractivity contribution >= 4 is 0 Å². The fourth-order valence-corrected chi connectivity index (χ4v) is 8.31. The molecule has 0 amide bonds. The molecule has 3 nitrogen and oxygen atoms in total. The minimum Gasteiger partial charge on any atom is -0.393 e. The van der Waals surface area contributed by atoms with E-state index in [1.807, 2.05) is 6.08 Å². The molecule has 3 fully saturated rings. The average molecular weight is 431 g/mol. The van der Waals surface area contributed by atoms with Crippen LogP contribution in [-0.4, -0.2) is 33.6 Å². The van der Waals surface area contributed by atoms with Gasteiger partial charge >= 0.3 is 0 Å². The molecule has 3 saturated carbocycles. The summed E-state index contributed by atoms with van der Waals surface area (Å²) < 4.78 is 0. The van der Waals surface area contributed by atoms with E-state index in [-0.39, 0.29) is 16.7 Å². The molecule has 0 aromatic heterocycles. The topological polar surface area (TPSA) is 60.7 Å². The van der Waals surface area contributed by atoms with Gasteiger partial charge in [0, 0.05) is 11.8 Å². The number of aliphatic hydroxyl groups excluding tert-OH is 3. The van der Waals surface area contributed by atoms with Gasteiger partial charge in [-0.1, -0.05) is 65.3 Å². The van der Waals surface area contributed by atoms with Gasteiger partial charge in [-0.25, -0.2) is 0 Å². The summed E-state index contributed by atoms with van der Waals surface area (Å²) in [5.41, 5.74) is 1.07. The third-order valence-electron chi connectivity index (χ3n) is 10.7. The Morgan fingerprint density at radius 2 is 1.68 bits per heavy atom. The van der Waals surface area contributed by atoms with Crippen LogP contribution in [0.25, 0.3) is 0 Å². The summed E-state index contributed by atoms with van der Waals surface area (Å²) >= 11 is 0. The maximum absolute atomic E-state index is 11.3. The minimum absolute atomic E-state index is 0.230. The van der Waals surface area contributed by atoms with E-state index >= 15 is 0 Å². The highest BCUT2D eigenvalue weighted by molar-refractivity contribution is 5.30. The Labute approximate surface area is 190 Å². The smallest absolute Gasteiger partial charge is 0.0757 e. The second kappa shape index (κ2) is 8.29. The first-order chi connectivity index (χ1) is 14.5. The summed E-state index contributed by atoms with van der Waals surface area (Å²) in [6.45, 7) is 14.0. The summed E-state index contributed by atoms with van der Waals surface area (Å²) in [4.78, 5) is 0. The van der Waals surface area contributed by atoms with Crippen LogP contribution in [0.15, 0.2) is 23.8 Å². The summed E-state index contributed by atoms with van der Waals surface area (Å²) in [6.07, 6.45) is 11.2. The largest absolute Gasteiger partial charge is 0.393 e. The monoisotopic (exact) mass is 430 g/mol. The fraction of sp³-hybridized carbons (Fsp3) is 0.857. The van der Waals surface area contributed by atoms with Gasteiger partial charge in [0.15, 0.2) is 0 Å². The maximum atomic E-state index is 11.3. The quantitative estimate of drug-likeness (QED) is 0.527. The molecule has 4 rings (SSSR count). The summed E-state index contributed by atoms with van der Waals surface area (Å²) in [5, 5.41) is 32.6. The zero-order valence-electron chi connectivity index (χ0n) is 20.6. The first-order valence-corrected chi connectivity index (χ1v) is 12.9. The van der Waals surface area contributed by atoms with Crippen LogP contribution in [0.2, 0.25) is 0 Å². The molecule has 4 aliphatic carbocycles. The van der Waals surface area contributed by atoms with E-state index < -0.39 is 18.3 Å². The van der Waals surface area contributed by atoms with Crippen molar-refractivity contribution in [2.75, 3.05) is 0 Å². The van der Waals surface area contributed by atoms with Crippen molar-refractivity contribution in [1.29, 1.82) is 0 Å². The van der Waals surface area contributed by atoms with E-state index in [1.54, 1.807) is 0 Å². The molecule has 0 aliphatic heterocycles. The van der Waals surface area contributed by atoms with E-state index in [9.17, 15) is 15.3 Å². The summed E-state index contributed by atoms with van der Waals surface area (Å²) in [7, 11) is 0. The van der Waals surface area contributed by atoms with Crippen molar-refractivity contribution in [3.05, 3.63) is 23.8 Å². The Bertz CT molecular complexity index is 726. The van der Waals surface area contributed by atoms with Crippen molar-refractivity contribution in [2.24, 2.45) is 52.3 Å². The predicted molar refractivity (Wildman–Crippen MR) is 126 cm³/mol. The van der Waals surface area contributed by atoms with Crippen molar-refractivity contribution in [1.82, 2.24) is 0 Å². The zero-order valence-corrected chi connectivity index (χ0v) is 20.6. The van der Waals surface area contributed by atoms with Gasteiger partial charge < -0.3 is 15.3 Å². The number of fused-ring (bicyclic) bond motifs is 5. The summed E-state index contributed by atoms with van der Waals surface area (Å²) in [5.74, 6) is 3.56. The van der Waals surface area contributed by atoms with Gasteiger partial charge in [0.2, 0.25) is 0 Å². The first-order valence-electron chi connectivity index (χ1n) is 12.9. The molecular formula is C28H46O3. The van der Waals surface area contributed by atoms with Crippen molar-refractivity contribution in [2.45, 2.75) is 98.4 Å². The van der Waals surface area contributed by atoms with E-state index in [1.165, 1.54) is 19.3 Å². The predicted octanol–water partition coefficient (Wildman–Crippen LogP) is 5.35. The lowest BCUT2D eigenvalue weighted by Gasteiger charge is -2.60. The molecule has 11 atom stereocenters. The number of aliphatic hydroxyl groups is 3. The van der Waals surface area contributed by atoms with E-state index in [4.69, 9.17) is 0 Å². The van der Waals surface area contributed by atoms with Crippen LogP contribution in [0, 0.1) is 52.3 Å². The fourth-order valence-electron chi connectivity index (χ4n) is 8.31. The lowest BCUT2D eigenvalue weighted by Crippen LogP contribution is -2.58. The van der Waals surface area contributed by atoms with Gasteiger partial charge in [-0.05, 0) is 78.9 Å². The van der Waals surface area contributed by atoms with Crippen LogP contribution in [0.4, 0.5) is 0 Å². The molecule has 5 unspecified atom stereocenters. The third-order valence-corrected chi connectivity index (χ3v) is 10.7. The van der Waals surface area contributed by atoms with Gasteiger partial charge in [-0.15, -0.1) is 0 Å². The van der Waals surface area contributed by atoms with Gasteiger partial charge in [0.1, 0.15) is 0 Å². The standard InChI is InChI=1S/C28H46O3/c1-16(2)17(3)7-8-18(4)21-9-10-22-26-23(11-12-27(21,22)5)28(6)19(14-24(26)30)13-20(29)15-25(28)31/h7-8,14,16-18,20-26,29-31H,9-13,15H2,1-6H3/b8-7+/t17?,18?,20-,21-,22?,23?,24-,25+,26?,27-,28+/m1/s1. The van der Waals surface area contributed by atoms with E-state index in [0.717, 1.165) is 12.0 Å². The highest BCUT2D eigenvalue weighted by atomic mass is 16.3. The van der Waals surface area contributed by atoms with Crippen molar-refractivity contribution in [3.8, 4) is 0 Å². The van der Waals surface area contributed by atoms with Gasteiger partial charge in [0.25, 0.3) is 0 Å². The molecule has 31 heavy (non-hydrogen) atoms. The number of rotatable bonds is 4. The molecular weight excluding hydrogens is 384 g/mol. The SMILES string of the molecule is CC(C)C(C)/C=C/C(C)[C@H]1CCC2C3C(CC[C@@]21C)[C@]1(C)C(=C[C@H]3O)C[C@@H](O)C[C@@H]1O. The lowest BCUT2D eigenvalue weighted by atomic mass is 9.45. The highest BCUT2D eigenvalue weighted by Gasteiger charge is 2.62. The summed E-state index contributed by atoms with van der Waals surface area (Å²) in [6, 6.07) is 0. The van der Waals surface area contributed by atoms with Crippen LogP contribution in [0.3, 0.4) is 0 Å². The number of hydrogen-bond donors (Lipinski definition) is 3. The lowest BCUT2D eigenvalue weighted by molar-refractivity contribution is -0.132. The Kier molecular flexibility index (Phi) is 6.29. The maximum Gasteiger partial charge on any atom is 0.0757 e. The van der Waals surface area contributed by atoms with E-state index in [2.05, 4.69) is 53.7 Å². The molecule has 0 aromatic rings. The molecule has 3 heteroatoms. The molecule has 0 spiro atoms. The molecule has 0 aromatic carbocycles. The second-order valence-corrected chi connectivity index (χ2v) is 12.4.